The van der Waals surface area contributed by atoms with E-state index < -0.39 is 0 Å². The highest BCUT2D eigenvalue weighted by Crippen LogP contribution is 2.34. The molecule has 0 saturated heterocycles. The second-order valence-electron chi connectivity index (χ2n) is 6.66. The van der Waals surface area contributed by atoms with Crippen LogP contribution in [0.4, 0.5) is 0 Å². The normalized spacial score (nSPS) is 10.9. The smallest absolute Gasteiger partial charge is 0.306 e. The second-order valence-corrected chi connectivity index (χ2v) is 6.66. The maximum atomic E-state index is 11.9. The zero-order valence-electron chi connectivity index (χ0n) is 16.5. The van der Waals surface area contributed by atoms with Crippen molar-refractivity contribution >= 4 is 33.5 Å². The molecule has 146 valence electrons. The Morgan fingerprint density at radius 1 is 0.643 bits per heavy atom. The first-order chi connectivity index (χ1) is 13.7. The van der Waals surface area contributed by atoms with Crippen molar-refractivity contribution in [1.29, 1.82) is 0 Å². The van der Waals surface area contributed by atoms with Crippen LogP contribution >= 0.6 is 0 Å². The Hall–Kier alpha value is -2.88. The van der Waals surface area contributed by atoms with Crippen molar-refractivity contribution in [3.05, 3.63) is 59.7 Å². The summed E-state index contributed by atoms with van der Waals surface area (Å²) in [5.41, 5.74) is 2.30. The van der Waals surface area contributed by atoms with Gasteiger partial charge in [0.2, 0.25) is 0 Å². The summed E-state index contributed by atoms with van der Waals surface area (Å²) >= 11 is 0. The monoisotopic (exact) mass is 378 g/mol. The third-order valence-corrected chi connectivity index (χ3v) is 4.92. The molecule has 0 aliphatic heterocycles. The van der Waals surface area contributed by atoms with Crippen molar-refractivity contribution in [3.63, 3.8) is 0 Å². The first-order valence-corrected chi connectivity index (χ1v) is 9.88. The van der Waals surface area contributed by atoms with E-state index in [1.807, 2.05) is 38.1 Å². The number of aryl methyl sites for hydroxylation is 2. The van der Waals surface area contributed by atoms with Crippen LogP contribution in [0.25, 0.3) is 21.5 Å². The topological polar surface area (TPSA) is 52.6 Å². The molecule has 0 bridgehead atoms. The van der Waals surface area contributed by atoms with Crippen LogP contribution in [-0.2, 0) is 31.9 Å². The van der Waals surface area contributed by atoms with Gasteiger partial charge in [-0.1, -0.05) is 48.5 Å². The molecule has 0 unspecified atom stereocenters. The van der Waals surface area contributed by atoms with Gasteiger partial charge < -0.3 is 9.47 Å². The Kier molecular flexibility index (Phi) is 6.64. The van der Waals surface area contributed by atoms with E-state index in [9.17, 15) is 9.59 Å². The van der Waals surface area contributed by atoms with Crippen LogP contribution in [0.5, 0.6) is 0 Å². The minimum Gasteiger partial charge on any atom is -0.466 e. The zero-order chi connectivity index (χ0) is 19.9. The number of carbonyl (C=O) groups is 2. The molecular formula is C24H26O4. The highest BCUT2D eigenvalue weighted by molar-refractivity contribution is 6.06. The molecule has 4 heteroatoms. The van der Waals surface area contributed by atoms with E-state index in [1.165, 1.54) is 0 Å². The molecular weight excluding hydrogens is 352 g/mol. The van der Waals surface area contributed by atoms with Crippen molar-refractivity contribution in [2.24, 2.45) is 0 Å². The molecule has 0 amide bonds. The Bertz CT molecular complexity index is 853. The first kappa shape index (κ1) is 19.9. The summed E-state index contributed by atoms with van der Waals surface area (Å²) in [6.45, 7) is 4.43. The van der Waals surface area contributed by atoms with E-state index in [0.29, 0.717) is 38.9 Å². The number of fused-ring (bicyclic) bond motifs is 2. The lowest BCUT2D eigenvalue weighted by atomic mass is 9.88. The van der Waals surface area contributed by atoms with Crippen LogP contribution < -0.4 is 0 Å². The molecule has 0 aromatic heterocycles. The molecule has 0 radical (unpaired) electrons. The van der Waals surface area contributed by atoms with E-state index in [1.54, 1.807) is 0 Å². The van der Waals surface area contributed by atoms with Gasteiger partial charge in [-0.25, -0.2) is 0 Å². The van der Waals surface area contributed by atoms with Gasteiger partial charge in [-0.15, -0.1) is 0 Å². The largest absolute Gasteiger partial charge is 0.466 e. The van der Waals surface area contributed by atoms with Gasteiger partial charge in [0.05, 0.1) is 13.2 Å². The lowest BCUT2D eigenvalue weighted by Gasteiger charge is -2.16. The molecule has 0 fully saturated rings. The van der Waals surface area contributed by atoms with Crippen LogP contribution in [0.15, 0.2) is 48.5 Å². The zero-order valence-corrected chi connectivity index (χ0v) is 16.5. The summed E-state index contributed by atoms with van der Waals surface area (Å²) in [5.74, 6) is -0.357. The number of hydrogen-bond donors (Lipinski definition) is 0. The van der Waals surface area contributed by atoms with E-state index >= 15 is 0 Å². The quantitative estimate of drug-likeness (QED) is 0.410. The third-order valence-electron chi connectivity index (χ3n) is 4.92. The molecule has 0 spiro atoms. The summed E-state index contributed by atoms with van der Waals surface area (Å²) in [7, 11) is 0. The van der Waals surface area contributed by atoms with Crippen molar-refractivity contribution in [3.8, 4) is 0 Å². The maximum Gasteiger partial charge on any atom is 0.306 e. The van der Waals surface area contributed by atoms with E-state index in [4.69, 9.17) is 9.47 Å². The van der Waals surface area contributed by atoms with E-state index in [2.05, 4.69) is 24.3 Å². The Labute approximate surface area is 165 Å². The number of benzene rings is 3. The molecule has 3 aromatic rings. The summed E-state index contributed by atoms with van der Waals surface area (Å²) in [5, 5.41) is 4.52. The number of hydrogen-bond acceptors (Lipinski definition) is 4. The average molecular weight is 378 g/mol. The second kappa shape index (κ2) is 9.36. The molecule has 0 N–H and O–H groups in total. The SMILES string of the molecule is CCOC(=O)CCc1c2ccccc2c(CCC(=O)OCC)c2ccccc12. The number of carbonyl (C=O) groups excluding carboxylic acids is 2. The van der Waals surface area contributed by atoms with E-state index in [0.717, 1.165) is 32.7 Å². The predicted octanol–water partition coefficient (Wildman–Crippen LogP) is 4.98. The molecule has 0 aliphatic carbocycles. The molecule has 0 heterocycles. The minimum absolute atomic E-state index is 0.179. The molecule has 0 atom stereocenters. The molecule has 0 saturated carbocycles. The van der Waals surface area contributed by atoms with Crippen LogP contribution in [0.2, 0.25) is 0 Å². The number of esters is 2. The van der Waals surface area contributed by atoms with Crippen molar-refractivity contribution in [1.82, 2.24) is 0 Å². The molecule has 4 nitrogen and oxygen atoms in total. The van der Waals surface area contributed by atoms with Crippen LogP contribution in [0.3, 0.4) is 0 Å². The first-order valence-electron chi connectivity index (χ1n) is 9.88. The number of ether oxygens (including phenoxy) is 2. The maximum absolute atomic E-state index is 11.9. The highest BCUT2D eigenvalue weighted by atomic mass is 16.5. The van der Waals surface area contributed by atoms with Gasteiger partial charge in [0.15, 0.2) is 0 Å². The summed E-state index contributed by atoms with van der Waals surface area (Å²) in [6.07, 6.45) is 1.95. The van der Waals surface area contributed by atoms with Crippen molar-refractivity contribution < 1.29 is 19.1 Å². The molecule has 28 heavy (non-hydrogen) atoms. The molecule has 0 aliphatic rings. The highest BCUT2D eigenvalue weighted by Gasteiger charge is 2.16. The predicted molar refractivity (Wildman–Crippen MR) is 111 cm³/mol. The van der Waals surface area contributed by atoms with Crippen LogP contribution in [-0.4, -0.2) is 25.2 Å². The van der Waals surface area contributed by atoms with Crippen LogP contribution in [0, 0.1) is 0 Å². The third kappa shape index (κ3) is 4.33. The lowest BCUT2D eigenvalue weighted by Crippen LogP contribution is -2.07. The van der Waals surface area contributed by atoms with Crippen molar-refractivity contribution in [2.75, 3.05) is 13.2 Å². The molecule has 3 rings (SSSR count). The minimum atomic E-state index is -0.179. The summed E-state index contributed by atoms with van der Waals surface area (Å²) < 4.78 is 10.2. The van der Waals surface area contributed by atoms with Gasteiger partial charge in [0.25, 0.3) is 0 Å². The van der Waals surface area contributed by atoms with Gasteiger partial charge in [-0.3, -0.25) is 9.59 Å². The Morgan fingerprint density at radius 3 is 1.25 bits per heavy atom. The Morgan fingerprint density at radius 2 is 0.964 bits per heavy atom. The van der Waals surface area contributed by atoms with Gasteiger partial charge >= 0.3 is 11.9 Å². The van der Waals surface area contributed by atoms with Gasteiger partial charge in [-0.2, -0.15) is 0 Å². The van der Waals surface area contributed by atoms with Gasteiger partial charge in [-0.05, 0) is 59.4 Å². The van der Waals surface area contributed by atoms with E-state index in [-0.39, 0.29) is 11.9 Å². The molecule has 3 aromatic carbocycles. The summed E-state index contributed by atoms with van der Waals surface area (Å²) in [4.78, 5) is 23.8. The Balaban J connectivity index is 2.07. The fourth-order valence-electron chi connectivity index (χ4n) is 3.77. The van der Waals surface area contributed by atoms with Crippen LogP contribution in [0.1, 0.15) is 37.8 Å². The fraction of sp³-hybridized carbons (Fsp3) is 0.333. The average Bonchev–Trinajstić information content (AvgIpc) is 2.71. The standard InChI is InChI=1S/C24H26O4/c1-3-27-23(25)15-13-21-17-9-5-7-11-19(17)22(14-16-24(26)28-4-2)20-12-8-6-10-18(20)21/h5-12H,3-4,13-16H2,1-2H3. The lowest BCUT2D eigenvalue weighted by molar-refractivity contribution is -0.144. The van der Waals surface area contributed by atoms with Gasteiger partial charge in [0, 0.05) is 12.8 Å². The number of rotatable bonds is 8. The fourth-order valence-corrected chi connectivity index (χ4v) is 3.77. The van der Waals surface area contributed by atoms with Crippen molar-refractivity contribution in [2.45, 2.75) is 39.5 Å². The van der Waals surface area contributed by atoms with Gasteiger partial charge in [0.1, 0.15) is 0 Å². The summed E-state index contributed by atoms with van der Waals surface area (Å²) in [6, 6.07) is 16.4.